The number of piperazine rings is 1. The van der Waals surface area contributed by atoms with Crippen molar-refractivity contribution >= 4 is 11.8 Å². The lowest BCUT2D eigenvalue weighted by Gasteiger charge is -2.42. The standard InChI is InChI=1S/C17H22N2O2/c1-2-14-16(20)18-15(13-9-4-3-5-10-13)17(21)19(14)11-12-7-6-8-12/h3-5,9-10,12,14-15H,2,6-8,11H2,1H3,(H,18,20). The molecule has 1 aromatic carbocycles. The second-order valence-corrected chi connectivity index (χ2v) is 6.06. The van der Waals surface area contributed by atoms with Crippen LogP contribution in [0.3, 0.4) is 0 Å². The molecule has 2 aliphatic rings. The Kier molecular flexibility index (Phi) is 3.95. The van der Waals surface area contributed by atoms with Gasteiger partial charge in [-0.15, -0.1) is 0 Å². The molecule has 21 heavy (non-hydrogen) atoms. The van der Waals surface area contributed by atoms with Gasteiger partial charge in [0.05, 0.1) is 0 Å². The van der Waals surface area contributed by atoms with E-state index in [2.05, 4.69) is 5.32 Å². The Bertz CT molecular complexity index is 525. The van der Waals surface area contributed by atoms with E-state index >= 15 is 0 Å². The molecule has 2 fully saturated rings. The zero-order chi connectivity index (χ0) is 14.8. The first-order chi connectivity index (χ1) is 10.2. The lowest BCUT2D eigenvalue weighted by molar-refractivity contribution is -0.150. The fourth-order valence-corrected chi connectivity index (χ4v) is 3.21. The van der Waals surface area contributed by atoms with Crippen molar-refractivity contribution in [2.24, 2.45) is 5.92 Å². The first-order valence-corrected chi connectivity index (χ1v) is 7.86. The number of hydrogen-bond acceptors (Lipinski definition) is 2. The molecule has 0 radical (unpaired) electrons. The highest BCUT2D eigenvalue weighted by molar-refractivity contribution is 5.97. The summed E-state index contributed by atoms with van der Waals surface area (Å²) in [4.78, 5) is 27.0. The Morgan fingerprint density at radius 2 is 1.90 bits per heavy atom. The fraction of sp³-hybridized carbons (Fsp3) is 0.529. The van der Waals surface area contributed by atoms with Crippen molar-refractivity contribution in [3.05, 3.63) is 35.9 Å². The van der Waals surface area contributed by atoms with Gasteiger partial charge in [-0.25, -0.2) is 0 Å². The molecule has 0 aromatic heterocycles. The molecule has 1 N–H and O–H groups in total. The summed E-state index contributed by atoms with van der Waals surface area (Å²) in [7, 11) is 0. The Morgan fingerprint density at radius 1 is 1.19 bits per heavy atom. The highest BCUT2D eigenvalue weighted by Gasteiger charge is 2.41. The van der Waals surface area contributed by atoms with Gasteiger partial charge in [0.2, 0.25) is 11.8 Å². The smallest absolute Gasteiger partial charge is 0.250 e. The molecule has 2 unspecified atom stereocenters. The number of hydrogen-bond donors (Lipinski definition) is 1. The van der Waals surface area contributed by atoms with Gasteiger partial charge in [-0.3, -0.25) is 9.59 Å². The largest absolute Gasteiger partial charge is 0.339 e. The average molecular weight is 286 g/mol. The molecule has 112 valence electrons. The first-order valence-electron chi connectivity index (χ1n) is 7.86. The maximum absolute atomic E-state index is 12.8. The van der Waals surface area contributed by atoms with E-state index < -0.39 is 6.04 Å². The van der Waals surface area contributed by atoms with Crippen LogP contribution in [-0.2, 0) is 9.59 Å². The van der Waals surface area contributed by atoms with E-state index in [9.17, 15) is 9.59 Å². The van der Waals surface area contributed by atoms with Gasteiger partial charge in [-0.05, 0) is 30.7 Å². The Hall–Kier alpha value is -1.84. The summed E-state index contributed by atoms with van der Waals surface area (Å²) in [6, 6.07) is 8.68. The minimum Gasteiger partial charge on any atom is -0.339 e. The van der Waals surface area contributed by atoms with Gasteiger partial charge in [0.15, 0.2) is 0 Å². The van der Waals surface area contributed by atoms with Crippen LogP contribution in [0.4, 0.5) is 0 Å². The van der Waals surface area contributed by atoms with Crippen LogP contribution < -0.4 is 5.32 Å². The fourth-order valence-electron chi connectivity index (χ4n) is 3.21. The van der Waals surface area contributed by atoms with E-state index in [1.807, 2.05) is 42.2 Å². The molecule has 1 saturated heterocycles. The summed E-state index contributed by atoms with van der Waals surface area (Å²) in [6.07, 6.45) is 4.28. The lowest BCUT2D eigenvalue weighted by Crippen LogP contribution is -2.60. The van der Waals surface area contributed by atoms with Crippen molar-refractivity contribution in [2.75, 3.05) is 6.54 Å². The number of amides is 2. The van der Waals surface area contributed by atoms with Crippen molar-refractivity contribution in [1.82, 2.24) is 10.2 Å². The van der Waals surface area contributed by atoms with Gasteiger partial charge in [0.1, 0.15) is 12.1 Å². The summed E-state index contributed by atoms with van der Waals surface area (Å²) in [6.45, 7) is 2.70. The molecule has 1 aliphatic heterocycles. The number of benzene rings is 1. The Balaban J connectivity index is 1.84. The van der Waals surface area contributed by atoms with E-state index in [4.69, 9.17) is 0 Å². The average Bonchev–Trinajstić information content (AvgIpc) is 2.46. The van der Waals surface area contributed by atoms with Crippen LogP contribution in [-0.4, -0.2) is 29.3 Å². The normalized spacial score (nSPS) is 26.4. The van der Waals surface area contributed by atoms with Crippen molar-refractivity contribution in [3.63, 3.8) is 0 Å². The zero-order valence-corrected chi connectivity index (χ0v) is 12.4. The maximum atomic E-state index is 12.8. The second-order valence-electron chi connectivity index (χ2n) is 6.06. The summed E-state index contributed by atoms with van der Waals surface area (Å²) < 4.78 is 0. The number of carbonyl (C=O) groups excluding carboxylic acids is 2. The third-order valence-corrected chi connectivity index (χ3v) is 4.69. The predicted octanol–water partition coefficient (Wildman–Crippen LogP) is 2.26. The predicted molar refractivity (Wildman–Crippen MR) is 80.5 cm³/mol. The molecule has 1 heterocycles. The molecular weight excluding hydrogens is 264 g/mol. The van der Waals surface area contributed by atoms with E-state index in [1.54, 1.807) is 0 Å². The minimum atomic E-state index is -0.526. The Labute approximate surface area is 125 Å². The van der Waals surface area contributed by atoms with Crippen LogP contribution in [0.5, 0.6) is 0 Å². The molecule has 3 rings (SSSR count). The number of nitrogens with zero attached hydrogens (tertiary/aromatic N) is 1. The highest BCUT2D eigenvalue weighted by Crippen LogP contribution is 2.31. The SMILES string of the molecule is CCC1C(=O)NC(c2ccccc2)C(=O)N1CC1CCC1. The van der Waals surface area contributed by atoms with E-state index in [1.165, 1.54) is 19.3 Å². The second kappa shape index (κ2) is 5.88. The summed E-state index contributed by atoms with van der Waals surface area (Å²) in [5, 5.41) is 2.89. The molecule has 0 spiro atoms. The molecular formula is C17H22N2O2. The monoisotopic (exact) mass is 286 g/mol. The zero-order valence-electron chi connectivity index (χ0n) is 12.4. The van der Waals surface area contributed by atoms with Crippen LogP contribution >= 0.6 is 0 Å². The van der Waals surface area contributed by atoms with Crippen molar-refractivity contribution in [1.29, 1.82) is 0 Å². The molecule has 1 aliphatic carbocycles. The molecule has 4 heteroatoms. The molecule has 4 nitrogen and oxygen atoms in total. The molecule has 1 aromatic rings. The van der Waals surface area contributed by atoms with Crippen LogP contribution in [0.1, 0.15) is 44.2 Å². The van der Waals surface area contributed by atoms with Crippen molar-refractivity contribution < 1.29 is 9.59 Å². The Morgan fingerprint density at radius 3 is 2.48 bits per heavy atom. The number of carbonyl (C=O) groups is 2. The van der Waals surface area contributed by atoms with Crippen molar-refractivity contribution in [3.8, 4) is 0 Å². The molecule has 2 amide bonds. The lowest BCUT2D eigenvalue weighted by atomic mass is 9.84. The minimum absolute atomic E-state index is 0.0229. The van der Waals surface area contributed by atoms with Crippen LogP contribution in [0, 0.1) is 5.92 Å². The summed E-state index contributed by atoms with van der Waals surface area (Å²) in [5.41, 5.74) is 0.865. The third kappa shape index (κ3) is 2.67. The summed E-state index contributed by atoms with van der Waals surface area (Å²) in [5.74, 6) is 0.593. The van der Waals surface area contributed by atoms with Crippen LogP contribution in [0.25, 0.3) is 0 Å². The van der Waals surface area contributed by atoms with E-state index in [-0.39, 0.29) is 17.9 Å². The van der Waals surface area contributed by atoms with Crippen LogP contribution in [0.15, 0.2) is 30.3 Å². The van der Waals surface area contributed by atoms with E-state index in [0.717, 1.165) is 12.1 Å². The van der Waals surface area contributed by atoms with E-state index in [0.29, 0.717) is 12.3 Å². The van der Waals surface area contributed by atoms with Gasteiger partial charge < -0.3 is 10.2 Å². The quantitative estimate of drug-likeness (QED) is 0.923. The molecule has 0 bridgehead atoms. The van der Waals surface area contributed by atoms with Gasteiger partial charge in [0, 0.05) is 6.54 Å². The number of nitrogens with one attached hydrogen (secondary N) is 1. The van der Waals surface area contributed by atoms with Crippen molar-refractivity contribution in [2.45, 2.75) is 44.7 Å². The van der Waals surface area contributed by atoms with Gasteiger partial charge in [-0.2, -0.15) is 0 Å². The highest BCUT2D eigenvalue weighted by atomic mass is 16.2. The topological polar surface area (TPSA) is 49.4 Å². The van der Waals surface area contributed by atoms with Crippen LogP contribution in [0.2, 0.25) is 0 Å². The van der Waals surface area contributed by atoms with Gasteiger partial charge >= 0.3 is 0 Å². The third-order valence-electron chi connectivity index (χ3n) is 4.69. The maximum Gasteiger partial charge on any atom is 0.250 e. The summed E-state index contributed by atoms with van der Waals surface area (Å²) >= 11 is 0. The molecule has 2 atom stereocenters. The van der Waals surface area contributed by atoms with Gasteiger partial charge in [0.25, 0.3) is 0 Å². The number of rotatable bonds is 4. The first kappa shape index (κ1) is 14.1. The van der Waals surface area contributed by atoms with Gasteiger partial charge in [-0.1, -0.05) is 43.7 Å². The molecule has 1 saturated carbocycles.